The smallest absolute Gasteiger partial charge is 0.0607 e. The van der Waals surface area contributed by atoms with Crippen molar-refractivity contribution in [2.75, 3.05) is 0 Å². The van der Waals surface area contributed by atoms with E-state index in [1.54, 1.807) is 0 Å². The van der Waals surface area contributed by atoms with Crippen molar-refractivity contribution in [1.82, 2.24) is 4.98 Å². The number of benzene rings is 4. The van der Waals surface area contributed by atoms with E-state index >= 15 is 0 Å². The van der Waals surface area contributed by atoms with Gasteiger partial charge in [0, 0.05) is 21.6 Å². The van der Waals surface area contributed by atoms with Gasteiger partial charge in [0.25, 0.3) is 0 Å². The van der Waals surface area contributed by atoms with E-state index in [4.69, 9.17) is 4.98 Å². The molecule has 30 heavy (non-hydrogen) atoms. The molecule has 0 aliphatic rings. The summed E-state index contributed by atoms with van der Waals surface area (Å²) in [5, 5.41) is 2.38. The molecule has 0 amide bonds. The highest BCUT2D eigenvalue weighted by Gasteiger charge is 2.23. The summed E-state index contributed by atoms with van der Waals surface area (Å²) >= 11 is 3.58. The zero-order valence-corrected chi connectivity index (χ0v) is 18.0. The lowest BCUT2D eigenvalue weighted by molar-refractivity contribution is 0.926. The van der Waals surface area contributed by atoms with Gasteiger partial charge >= 0.3 is 0 Å². The normalized spacial score (nSPS) is 12.0. The van der Waals surface area contributed by atoms with Crippen LogP contribution in [0.5, 0.6) is 0 Å². The molecule has 0 unspecified atom stereocenters. The number of hydrogen-bond donors (Lipinski definition) is 0. The first-order chi connectivity index (χ1) is 14.8. The molecule has 0 N–H and O–H groups in total. The Morgan fingerprint density at radius 1 is 0.600 bits per heavy atom. The van der Waals surface area contributed by atoms with Crippen molar-refractivity contribution in [3.05, 3.63) is 137 Å². The number of hydrogen-bond acceptors (Lipinski definition) is 1. The number of pyridine rings is 1. The summed E-state index contributed by atoms with van der Waals surface area (Å²) in [5.74, 6) is 0.0408. The van der Waals surface area contributed by atoms with Gasteiger partial charge in [-0.1, -0.05) is 113 Å². The second-order valence-corrected chi connectivity index (χ2v) is 8.28. The standard InChI is InChI=1S/C28H20BrN/c29-24-17-15-22(16-18-24)26(20-9-3-1-4-10-20)28-27(21-11-5-2-6-12-21)25-14-8-7-13-23(25)19-30-28/h1-19,26H/t26-/m0/s1. The van der Waals surface area contributed by atoms with Crippen LogP contribution in [0, 0.1) is 0 Å². The van der Waals surface area contributed by atoms with Gasteiger partial charge in [-0.15, -0.1) is 0 Å². The Bertz CT molecular complexity index is 1280. The third-order valence-corrected chi connectivity index (χ3v) is 6.03. The lowest BCUT2D eigenvalue weighted by atomic mass is 9.83. The van der Waals surface area contributed by atoms with E-state index in [0.29, 0.717) is 0 Å². The Morgan fingerprint density at radius 3 is 1.93 bits per heavy atom. The predicted molar refractivity (Wildman–Crippen MR) is 129 cm³/mol. The molecule has 4 aromatic carbocycles. The van der Waals surface area contributed by atoms with Gasteiger partial charge in [0.05, 0.1) is 11.6 Å². The molecule has 0 spiro atoms. The Balaban J connectivity index is 1.84. The molecule has 2 heteroatoms. The summed E-state index contributed by atoms with van der Waals surface area (Å²) in [6, 6.07) is 38.4. The maximum absolute atomic E-state index is 5.05. The first kappa shape index (κ1) is 18.8. The van der Waals surface area contributed by atoms with Crippen molar-refractivity contribution in [2.45, 2.75) is 5.92 Å². The Labute approximate surface area is 185 Å². The van der Waals surface area contributed by atoms with Crippen LogP contribution >= 0.6 is 15.9 Å². The molecular weight excluding hydrogens is 430 g/mol. The largest absolute Gasteiger partial charge is 0.259 e. The molecule has 5 rings (SSSR count). The van der Waals surface area contributed by atoms with Crippen molar-refractivity contribution >= 4 is 26.7 Å². The third kappa shape index (κ3) is 3.55. The zero-order chi connectivity index (χ0) is 20.3. The van der Waals surface area contributed by atoms with E-state index in [9.17, 15) is 0 Å². The van der Waals surface area contributed by atoms with Crippen LogP contribution in [0.25, 0.3) is 21.9 Å². The highest BCUT2D eigenvalue weighted by Crippen LogP contribution is 2.40. The second-order valence-electron chi connectivity index (χ2n) is 7.37. The van der Waals surface area contributed by atoms with Gasteiger partial charge in [0.2, 0.25) is 0 Å². The summed E-state index contributed by atoms with van der Waals surface area (Å²) in [7, 11) is 0. The summed E-state index contributed by atoms with van der Waals surface area (Å²) in [4.78, 5) is 5.05. The van der Waals surface area contributed by atoms with Crippen LogP contribution in [0.3, 0.4) is 0 Å². The van der Waals surface area contributed by atoms with Crippen molar-refractivity contribution in [3.8, 4) is 11.1 Å². The summed E-state index contributed by atoms with van der Waals surface area (Å²) in [6.45, 7) is 0. The Hall–Kier alpha value is -3.23. The average molecular weight is 450 g/mol. The van der Waals surface area contributed by atoms with Crippen LogP contribution in [0.15, 0.2) is 120 Å². The van der Waals surface area contributed by atoms with Crippen molar-refractivity contribution in [3.63, 3.8) is 0 Å². The van der Waals surface area contributed by atoms with E-state index in [2.05, 4.69) is 125 Å². The van der Waals surface area contributed by atoms with E-state index < -0.39 is 0 Å². The Kier molecular flexibility index (Phi) is 5.17. The van der Waals surface area contributed by atoms with Gasteiger partial charge in [0.1, 0.15) is 0 Å². The van der Waals surface area contributed by atoms with Crippen molar-refractivity contribution in [2.24, 2.45) is 0 Å². The Morgan fingerprint density at radius 2 is 1.20 bits per heavy atom. The van der Waals surface area contributed by atoms with E-state index in [0.717, 1.165) is 15.6 Å². The van der Waals surface area contributed by atoms with Crippen molar-refractivity contribution < 1.29 is 0 Å². The molecule has 0 radical (unpaired) electrons. The molecule has 0 aliphatic carbocycles. The molecular formula is C28H20BrN. The number of aromatic nitrogens is 1. The minimum atomic E-state index is 0.0408. The van der Waals surface area contributed by atoms with Gasteiger partial charge in [0.15, 0.2) is 0 Å². The third-order valence-electron chi connectivity index (χ3n) is 5.50. The summed E-state index contributed by atoms with van der Waals surface area (Å²) < 4.78 is 1.08. The fourth-order valence-corrected chi connectivity index (χ4v) is 4.38. The fraction of sp³-hybridized carbons (Fsp3) is 0.0357. The predicted octanol–water partition coefficient (Wildman–Crippen LogP) is 7.84. The number of halogens is 1. The van der Waals surface area contributed by atoms with Gasteiger partial charge in [-0.05, 0) is 34.2 Å². The molecule has 0 bridgehead atoms. The van der Waals surface area contributed by atoms with Gasteiger partial charge in [-0.2, -0.15) is 0 Å². The molecule has 0 fully saturated rings. The monoisotopic (exact) mass is 449 g/mol. The SMILES string of the molecule is Brc1ccc([C@H](c2ccccc2)c2ncc3ccccc3c2-c2ccccc2)cc1. The highest BCUT2D eigenvalue weighted by atomic mass is 79.9. The quantitative estimate of drug-likeness (QED) is 0.272. The first-order valence-corrected chi connectivity index (χ1v) is 10.8. The van der Waals surface area contributed by atoms with Crippen molar-refractivity contribution in [1.29, 1.82) is 0 Å². The number of nitrogens with zero attached hydrogens (tertiary/aromatic N) is 1. The van der Waals surface area contributed by atoms with Crippen LogP contribution in [-0.2, 0) is 0 Å². The fourth-order valence-electron chi connectivity index (χ4n) is 4.11. The molecule has 0 saturated heterocycles. The van der Waals surface area contributed by atoms with Crippen LogP contribution in [0.2, 0.25) is 0 Å². The van der Waals surface area contributed by atoms with E-state index in [-0.39, 0.29) is 5.92 Å². The minimum Gasteiger partial charge on any atom is -0.259 e. The van der Waals surface area contributed by atoms with Gasteiger partial charge in [-0.25, -0.2) is 0 Å². The molecule has 1 heterocycles. The molecule has 1 atom stereocenters. The number of rotatable bonds is 4. The molecule has 0 saturated carbocycles. The first-order valence-electron chi connectivity index (χ1n) is 10.0. The molecule has 0 aliphatic heterocycles. The number of fused-ring (bicyclic) bond motifs is 1. The molecule has 1 aromatic heterocycles. The van der Waals surface area contributed by atoms with E-state index in [1.165, 1.54) is 27.6 Å². The van der Waals surface area contributed by atoms with E-state index in [1.807, 2.05) is 6.20 Å². The van der Waals surface area contributed by atoms with Crippen LogP contribution in [-0.4, -0.2) is 4.98 Å². The molecule has 144 valence electrons. The topological polar surface area (TPSA) is 12.9 Å². The lowest BCUT2D eigenvalue weighted by Crippen LogP contribution is -2.08. The highest BCUT2D eigenvalue weighted by molar-refractivity contribution is 9.10. The second kappa shape index (κ2) is 8.25. The lowest BCUT2D eigenvalue weighted by Gasteiger charge is -2.22. The summed E-state index contributed by atoms with van der Waals surface area (Å²) in [5.41, 5.74) is 5.93. The summed E-state index contributed by atoms with van der Waals surface area (Å²) in [6.07, 6.45) is 2.01. The van der Waals surface area contributed by atoms with Gasteiger partial charge < -0.3 is 0 Å². The van der Waals surface area contributed by atoms with Crippen LogP contribution in [0.1, 0.15) is 22.7 Å². The maximum Gasteiger partial charge on any atom is 0.0607 e. The minimum absolute atomic E-state index is 0.0408. The van der Waals surface area contributed by atoms with Gasteiger partial charge in [-0.3, -0.25) is 4.98 Å². The maximum atomic E-state index is 5.05. The van der Waals surface area contributed by atoms with Crippen LogP contribution in [0.4, 0.5) is 0 Å². The average Bonchev–Trinajstić information content (AvgIpc) is 2.81. The molecule has 5 aromatic rings. The zero-order valence-electron chi connectivity index (χ0n) is 16.4. The molecule has 1 nitrogen and oxygen atoms in total. The van der Waals surface area contributed by atoms with Crippen LogP contribution < -0.4 is 0 Å².